The average Bonchev–Trinajstić information content (AvgIpc) is 2.26. The number of rotatable bonds is 6. The minimum Gasteiger partial charge on any atom is -0.380 e. The zero-order chi connectivity index (χ0) is 12.0. The monoisotopic (exact) mass is 221 g/mol. The smallest absolute Gasteiger partial charge is 0.0616 e. The minimum atomic E-state index is 0.371. The Bertz CT molecular complexity index is 311. The van der Waals surface area contributed by atoms with Gasteiger partial charge in [-0.15, -0.1) is 0 Å². The van der Waals surface area contributed by atoms with Crippen molar-refractivity contribution in [1.82, 2.24) is 5.32 Å². The number of benzene rings is 1. The lowest BCUT2D eigenvalue weighted by molar-refractivity contribution is 0.124. The van der Waals surface area contributed by atoms with Crippen LogP contribution in [-0.4, -0.2) is 19.3 Å². The predicted octanol–water partition coefficient (Wildman–Crippen LogP) is 3.07. The molecule has 0 aromatic heterocycles. The van der Waals surface area contributed by atoms with Crippen molar-refractivity contribution in [3.63, 3.8) is 0 Å². The van der Waals surface area contributed by atoms with E-state index in [1.54, 1.807) is 0 Å². The number of hydrogen-bond donors (Lipinski definition) is 1. The van der Waals surface area contributed by atoms with Crippen molar-refractivity contribution in [3.05, 3.63) is 35.4 Å². The molecule has 0 bridgehead atoms. The Morgan fingerprint density at radius 2 is 2.06 bits per heavy atom. The van der Waals surface area contributed by atoms with Crippen LogP contribution in [0, 0.1) is 6.92 Å². The van der Waals surface area contributed by atoms with Gasteiger partial charge in [0.15, 0.2) is 0 Å². The van der Waals surface area contributed by atoms with Gasteiger partial charge >= 0.3 is 0 Å². The molecule has 0 saturated heterocycles. The highest BCUT2D eigenvalue weighted by atomic mass is 16.5. The maximum absolute atomic E-state index is 5.39. The quantitative estimate of drug-likeness (QED) is 0.797. The molecule has 0 saturated carbocycles. The van der Waals surface area contributed by atoms with Crippen LogP contribution in [0.2, 0.25) is 0 Å². The zero-order valence-corrected chi connectivity index (χ0v) is 10.8. The van der Waals surface area contributed by atoms with E-state index in [4.69, 9.17) is 4.74 Å². The van der Waals surface area contributed by atoms with E-state index in [1.165, 1.54) is 11.1 Å². The van der Waals surface area contributed by atoms with Gasteiger partial charge in [0, 0.05) is 18.7 Å². The van der Waals surface area contributed by atoms with Crippen LogP contribution >= 0.6 is 0 Å². The van der Waals surface area contributed by atoms with E-state index in [-0.39, 0.29) is 0 Å². The Morgan fingerprint density at radius 3 is 2.69 bits per heavy atom. The molecule has 90 valence electrons. The maximum atomic E-state index is 5.39. The molecular weight excluding hydrogens is 198 g/mol. The van der Waals surface area contributed by atoms with Gasteiger partial charge in [0.2, 0.25) is 0 Å². The summed E-state index contributed by atoms with van der Waals surface area (Å²) in [5, 5.41) is 3.53. The lowest BCUT2D eigenvalue weighted by atomic mass is 10.1. The Morgan fingerprint density at radius 1 is 1.31 bits per heavy atom. The van der Waals surface area contributed by atoms with Gasteiger partial charge in [-0.25, -0.2) is 0 Å². The minimum absolute atomic E-state index is 0.371. The highest BCUT2D eigenvalue weighted by molar-refractivity contribution is 5.24. The van der Waals surface area contributed by atoms with Crippen molar-refractivity contribution in [2.75, 3.05) is 13.2 Å². The molecule has 2 atom stereocenters. The largest absolute Gasteiger partial charge is 0.380 e. The number of hydrogen-bond acceptors (Lipinski definition) is 2. The summed E-state index contributed by atoms with van der Waals surface area (Å²) in [6.45, 7) is 10.0. The fourth-order valence-electron chi connectivity index (χ4n) is 1.81. The molecule has 1 N–H and O–H groups in total. The highest BCUT2D eigenvalue weighted by Crippen LogP contribution is 2.14. The van der Waals surface area contributed by atoms with E-state index in [2.05, 4.69) is 50.4 Å². The molecule has 0 aliphatic heterocycles. The molecule has 2 heteroatoms. The first-order valence-corrected chi connectivity index (χ1v) is 6.03. The van der Waals surface area contributed by atoms with E-state index in [9.17, 15) is 0 Å². The topological polar surface area (TPSA) is 21.3 Å². The second kappa shape index (κ2) is 6.66. The SMILES string of the molecule is CCOCC(C)N[C@@H](C)c1cccc(C)c1. The lowest BCUT2D eigenvalue weighted by Gasteiger charge is -2.20. The molecule has 1 unspecified atom stereocenters. The van der Waals surface area contributed by atoms with Gasteiger partial charge in [0.1, 0.15) is 0 Å². The van der Waals surface area contributed by atoms with E-state index in [0.717, 1.165) is 13.2 Å². The molecular formula is C14H23NO. The highest BCUT2D eigenvalue weighted by Gasteiger charge is 2.09. The summed E-state index contributed by atoms with van der Waals surface area (Å²) in [5.74, 6) is 0. The zero-order valence-electron chi connectivity index (χ0n) is 10.8. The Balaban J connectivity index is 2.48. The van der Waals surface area contributed by atoms with E-state index in [0.29, 0.717) is 12.1 Å². The van der Waals surface area contributed by atoms with Crippen LogP contribution in [-0.2, 0) is 4.74 Å². The van der Waals surface area contributed by atoms with Gasteiger partial charge < -0.3 is 10.1 Å². The normalized spacial score (nSPS) is 14.8. The van der Waals surface area contributed by atoms with Crippen LogP contribution in [0.15, 0.2) is 24.3 Å². The Kier molecular flexibility index (Phi) is 5.50. The Hall–Kier alpha value is -0.860. The van der Waals surface area contributed by atoms with Gasteiger partial charge in [-0.1, -0.05) is 29.8 Å². The summed E-state index contributed by atoms with van der Waals surface area (Å²) in [6.07, 6.45) is 0. The molecule has 0 radical (unpaired) electrons. The molecule has 0 amide bonds. The van der Waals surface area contributed by atoms with Gasteiger partial charge in [-0.2, -0.15) is 0 Å². The first kappa shape index (κ1) is 13.2. The summed E-state index contributed by atoms with van der Waals surface area (Å²) in [5.41, 5.74) is 2.65. The molecule has 0 heterocycles. The van der Waals surface area contributed by atoms with Crippen molar-refractivity contribution in [2.45, 2.75) is 39.8 Å². The first-order valence-electron chi connectivity index (χ1n) is 6.03. The van der Waals surface area contributed by atoms with Crippen LogP contribution in [0.25, 0.3) is 0 Å². The molecule has 0 spiro atoms. The number of ether oxygens (including phenoxy) is 1. The molecule has 16 heavy (non-hydrogen) atoms. The van der Waals surface area contributed by atoms with Crippen molar-refractivity contribution < 1.29 is 4.74 Å². The molecule has 0 fully saturated rings. The summed E-state index contributed by atoms with van der Waals surface area (Å²) < 4.78 is 5.39. The van der Waals surface area contributed by atoms with Crippen LogP contribution in [0.3, 0.4) is 0 Å². The molecule has 1 rings (SSSR count). The number of nitrogens with one attached hydrogen (secondary N) is 1. The summed E-state index contributed by atoms with van der Waals surface area (Å²) >= 11 is 0. The van der Waals surface area contributed by atoms with E-state index in [1.807, 2.05) is 6.92 Å². The van der Waals surface area contributed by atoms with Crippen molar-refractivity contribution in [2.24, 2.45) is 0 Å². The summed E-state index contributed by atoms with van der Waals surface area (Å²) in [6, 6.07) is 9.38. The standard InChI is InChI=1S/C14H23NO/c1-5-16-10-12(3)15-13(4)14-8-6-7-11(2)9-14/h6-9,12-13,15H,5,10H2,1-4H3/t12?,13-/m0/s1. The van der Waals surface area contributed by atoms with Gasteiger partial charge in [-0.05, 0) is 33.3 Å². The molecule has 2 nitrogen and oxygen atoms in total. The van der Waals surface area contributed by atoms with E-state index >= 15 is 0 Å². The summed E-state index contributed by atoms with van der Waals surface area (Å²) in [4.78, 5) is 0. The molecule has 1 aromatic carbocycles. The summed E-state index contributed by atoms with van der Waals surface area (Å²) in [7, 11) is 0. The second-order valence-electron chi connectivity index (χ2n) is 4.36. The third-order valence-corrected chi connectivity index (χ3v) is 2.65. The predicted molar refractivity (Wildman–Crippen MR) is 68.7 cm³/mol. The van der Waals surface area contributed by atoms with Gasteiger partial charge in [-0.3, -0.25) is 0 Å². The van der Waals surface area contributed by atoms with Crippen LogP contribution in [0.5, 0.6) is 0 Å². The van der Waals surface area contributed by atoms with E-state index < -0.39 is 0 Å². The van der Waals surface area contributed by atoms with Crippen LogP contribution < -0.4 is 5.32 Å². The third-order valence-electron chi connectivity index (χ3n) is 2.65. The third kappa shape index (κ3) is 4.33. The molecule has 0 aliphatic carbocycles. The fourth-order valence-corrected chi connectivity index (χ4v) is 1.81. The number of aryl methyl sites for hydroxylation is 1. The Labute approximate surface area is 99.0 Å². The lowest BCUT2D eigenvalue weighted by Crippen LogP contribution is -2.32. The average molecular weight is 221 g/mol. The van der Waals surface area contributed by atoms with Crippen LogP contribution in [0.4, 0.5) is 0 Å². The van der Waals surface area contributed by atoms with Crippen molar-refractivity contribution in [3.8, 4) is 0 Å². The first-order chi connectivity index (χ1) is 7.63. The molecule has 1 aromatic rings. The van der Waals surface area contributed by atoms with Crippen LogP contribution in [0.1, 0.15) is 37.9 Å². The second-order valence-corrected chi connectivity index (χ2v) is 4.36. The maximum Gasteiger partial charge on any atom is 0.0616 e. The van der Waals surface area contributed by atoms with Crippen molar-refractivity contribution >= 4 is 0 Å². The molecule has 0 aliphatic rings. The fraction of sp³-hybridized carbons (Fsp3) is 0.571. The van der Waals surface area contributed by atoms with Gasteiger partial charge in [0.25, 0.3) is 0 Å². The van der Waals surface area contributed by atoms with Crippen molar-refractivity contribution in [1.29, 1.82) is 0 Å². The van der Waals surface area contributed by atoms with Gasteiger partial charge in [0.05, 0.1) is 6.61 Å².